The van der Waals surface area contributed by atoms with Crippen LogP contribution in [0.3, 0.4) is 0 Å². The van der Waals surface area contributed by atoms with Crippen molar-refractivity contribution in [1.82, 2.24) is 15.6 Å². The van der Waals surface area contributed by atoms with Crippen molar-refractivity contribution in [3.8, 4) is 0 Å². The highest BCUT2D eigenvalue weighted by Crippen LogP contribution is 2.61. The van der Waals surface area contributed by atoms with Crippen LogP contribution in [0, 0.1) is 17.3 Å². The van der Waals surface area contributed by atoms with Gasteiger partial charge in [0.1, 0.15) is 0 Å². The normalized spacial score (nSPS) is 32.9. The Morgan fingerprint density at radius 2 is 1.90 bits per heavy atom. The number of fused-ring (bicyclic) bond motifs is 2. The van der Waals surface area contributed by atoms with Crippen molar-refractivity contribution in [1.29, 1.82) is 0 Å². The fourth-order valence-electron chi connectivity index (χ4n) is 4.34. The standard InChI is InChI=1S/C17H25N3S/c1-16(2)13-4-5-14(10-13)17(16,3)20-15(21)19-11-12-6-8-18-9-7-12/h6-9,13-14H,4-5,10-11H2,1-3H3,(H2,19,20,21)/t13-,14+,17-/m1/s1. The Hall–Kier alpha value is -1.16. The van der Waals surface area contributed by atoms with E-state index in [1.165, 1.54) is 24.8 Å². The van der Waals surface area contributed by atoms with Crippen molar-refractivity contribution < 1.29 is 0 Å². The molecule has 0 unspecified atom stereocenters. The minimum atomic E-state index is 0.109. The van der Waals surface area contributed by atoms with E-state index in [1.807, 2.05) is 24.5 Å². The smallest absolute Gasteiger partial charge is 0.167 e. The van der Waals surface area contributed by atoms with Crippen molar-refractivity contribution in [3.05, 3.63) is 30.1 Å². The molecule has 1 aromatic rings. The van der Waals surface area contributed by atoms with Crippen molar-refractivity contribution in [2.45, 2.75) is 52.1 Å². The zero-order valence-electron chi connectivity index (χ0n) is 13.1. The monoisotopic (exact) mass is 303 g/mol. The summed E-state index contributed by atoms with van der Waals surface area (Å²) in [7, 11) is 0. The molecule has 21 heavy (non-hydrogen) atoms. The maximum atomic E-state index is 5.54. The van der Waals surface area contributed by atoms with Gasteiger partial charge in [0.25, 0.3) is 0 Å². The number of rotatable bonds is 3. The van der Waals surface area contributed by atoms with E-state index in [9.17, 15) is 0 Å². The van der Waals surface area contributed by atoms with E-state index in [2.05, 4.69) is 36.4 Å². The highest BCUT2D eigenvalue weighted by atomic mass is 32.1. The molecule has 4 heteroatoms. The van der Waals surface area contributed by atoms with Crippen molar-refractivity contribution >= 4 is 17.3 Å². The van der Waals surface area contributed by atoms with Crippen molar-refractivity contribution in [2.24, 2.45) is 17.3 Å². The minimum absolute atomic E-state index is 0.109. The van der Waals surface area contributed by atoms with Crippen LogP contribution in [0.25, 0.3) is 0 Å². The second kappa shape index (κ2) is 5.24. The van der Waals surface area contributed by atoms with Crippen LogP contribution >= 0.6 is 12.2 Å². The lowest BCUT2D eigenvalue weighted by atomic mass is 9.64. The summed E-state index contributed by atoms with van der Waals surface area (Å²) in [6, 6.07) is 4.03. The summed E-state index contributed by atoms with van der Waals surface area (Å²) in [5.74, 6) is 1.58. The maximum Gasteiger partial charge on any atom is 0.167 e. The van der Waals surface area contributed by atoms with Gasteiger partial charge in [-0.3, -0.25) is 4.98 Å². The maximum absolute atomic E-state index is 5.54. The van der Waals surface area contributed by atoms with Gasteiger partial charge in [0.15, 0.2) is 5.11 Å². The van der Waals surface area contributed by atoms with Gasteiger partial charge in [-0.15, -0.1) is 0 Å². The van der Waals surface area contributed by atoms with Gasteiger partial charge in [-0.25, -0.2) is 0 Å². The van der Waals surface area contributed by atoms with E-state index < -0.39 is 0 Å². The first-order valence-corrected chi connectivity index (χ1v) is 8.29. The van der Waals surface area contributed by atoms with Crippen LogP contribution in [0.2, 0.25) is 0 Å². The van der Waals surface area contributed by atoms with Crippen molar-refractivity contribution in [2.75, 3.05) is 0 Å². The summed E-state index contributed by atoms with van der Waals surface area (Å²) < 4.78 is 0. The number of pyridine rings is 1. The summed E-state index contributed by atoms with van der Waals surface area (Å²) in [5, 5.41) is 7.77. The Labute approximate surface area is 132 Å². The third-order valence-electron chi connectivity index (χ3n) is 6.18. The SMILES string of the molecule is CC1(C)[C@@H]2CC[C@@H](C2)[C@@]1(C)NC(=S)NCc1ccncc1. The Bertz CT molecular complexity index is 528. The van der Waals surface area contributed by atoms with Crippen molar-refractivity contribution in [3.63, 3.8) is 0 Å². The quantitative estimate of drug-likeness (QED) is 0.841. The molecule has 2 bridgehead atoms. The van der Waals surface area contributed by atoms with E-state index in [-0.39, 0.29) is 5.54 Å². The molecular weight excluding hydrogens is 278 g/mol. The number of hydrogen-bond acceptors (Lipinski definition) is 2. The van der Waals surface area contributed by atoms with Gasteiger partial charge in [-0.05, 0) is 73.4 Å². The molecule has 0 aromatic carbocycles. The summed E-state index contributed by atoms with van der Waals surface area (Å²) in [6.45, 7) is 7.90. The second-order valence-electron chi connectivity index (χ2n) is 7.29. The Kier molecular flexibility index (Phi) is 3.68. The van der Waals surface area contributed by atoms with E-state index in [4.69, 9.17) is 12.2 Å². The van der Waals surface area contributed by atoms with Crippen LogP contribution < -0.4 is 10.6 Å². The molecule has 3 atom stereocenters. The van der Waals surface area contributed by atoms with Gasteiger partial charge in [-0.1, -0.05) is 13.8 Å². The van der Waals surface area contributed by atoms with Gasteiger partial charge >= 0.3 is 0 Å². The number of nitrogens with zero attached hydrogens (tertiary/aromatic N) is 1. The summed E-state index contributed by atoms with van der Waals surface area (Å²) in [4.78, 5) is 4.04. The summed E-state index contributed by atoms with van der Waals surface area (Å²) >= 11 is 5.54. The van der Waals surface area contributed by atoms with Crippen LogP contribution in [0.5, 0.6) is 0 Å². The lowest BCUT2D eigenvalue weighted by molar-refractivity contribution is 0.0833. The third-order valence-corrected chi connectivity index (χ3v) is 6.43. The molecule has 2 aliphatic carbocycles. The van der Waals surface area contributed by atoms with E-state index in [0.717, 1.165) is 23.5 Å². The average molecular weight is 303 g/mol. The largest absolute Gasteiger partial charge is 0.359 e. The zero-order valence-corrected chi connectivity index (χ0v) is 14.0. The molecule has 2 fully saturated rings. The fourth-order valence-corrected chi connectivity index (χ4v) is 4.62. The van der Waals surface area contributed by atoms with Crippen LogP contribution in [-0.4, -0.2) is 15.6 Å². The molecule has 0 saturated heterocycles. The van der Waals surface area contributed by atoms with Gasteiger partial charge in [-0.2, -0.15) is 0 Å². The molecule has 114 valence electrons. The highest BCUT2D eigenvalue weighted by Gasteiger charge is 2.60. The Morgan fingerprint density at radius 3 is 2.52 bits per heavy atom. The van der Waals surface area contributed by atoms with Crippen LogP contribution in [-0.2, 0) is 6.54 Å². The topological polar surface area (TPSA) is 37.0 Å². The van der Waals surface area contributed by atoms with Gasteiger partial charge < -0.3 is 10.6 Å². The molecular formula is C17H25N3S. The fraction of sp³-hybridized carbons (Fsp3) is 0.647. The molecule has 0 aliphatic heterocycles. The van der Waals surface area contributed by atoms with Gasteiger partial charge in [0.05, 0.1) is 0 Å². The zero-order chi connectivity index (χ0) is 15.1. The molecule has 2 N–H and O–H groups in total. The molecule has 3 rings (SSSR count). The first-order valence-electron chi connectivity index (χ1n) is 7.88. The molecule has 1 aromatic heterocycles. The predicted octanol–water partition coefficient (Wildman–Crippen LogP) is 3.26. The second-order valence-corrected chi connectivity index (χ2v) is 7.70. The minimum Gasteiger partial charge on any atom is -0.359 e. The third kappa shape index (κ3) is 2.44. The van der Waals surface area contributed by atoms with Crippen LogP contribution in [0.4, 0.5) is 0 Å². The van der Waals surface area contributed by atoms with E-state index in [0.29, 0.717) is 5.41 Å². The summed E-state index contributed by atoms with van der Waals surface area (Å²) in [5.41, 5.74) is 1.61. The van der Waals surface area contributed by atoms with Crippen LogP contribution in [0.1, 0.15) is 45.6 Å². The van der Waals surface area contributed by atoms with E-state index in [1.54, 1.807) is 0 Å². The number of hydrogen-bond donors (Lipinski definition) is 2. The molecule has 0 spiro atoms. The van der Waals surface area contributed by atoms with E-state index >= 15 is 0 Å². The summed E-state index contributed by atoms with van der Waals surface area (Å²) in [6.07, 6.45) is 7.70. The first kappa shape index (κ1) is 14.8. The predicted molar refractivity (Wildman–Crippen MR) is 89.8 cm³/mol. The molecule has 0 radical (unpaired) electrons. The molecule has 3 nitrogen and oxygen atoms in total. The Balaban J connectivity index is 1.62. The number of thiocarbonyl (C=S) groups is 1. The number of nitrogens with one attached hydrogen (secondary N) is 2. The average Bonchev–Trinajstić information content (AvgIpc) is 3.01. The Morgan fingerprint density at radius 1 is 1.24 bits per heavy atom. The first-order chi connectivity index (χ1) is 9.93. The number of aromatic nitrogens is 1. The van der Waals surface area contributed by atoms with Gasteiger partial charge in [0, 0.05) is 24.5 Å². The molecule has 0 amide bonds. The molecule has 2 saturated carbocycles. The molecule has 2 aliphatic rings. The van der Waals surface area contributed by atoms with Gasteiger partial charge in [0.2, 0.25) is 0 Å². The lowest BCUT2D eigenvalue weighted by Gasteiger charge is -2.48. The van der Waals surface area contributed by atoms with Crippen LogP contribution in [0.15, 0.2) is 24.5 Å². The molecule has 1 heterocycles. The highest BCUT2D eigenvalue weighted by molar-refractivity contribution is 7.80. The lowest BCUT2D eigenvalue weighted by Crippen LogP contribution is -2.61.